The number of aromatic nitrogens is 1. The molecule has 0 bridgehead atoms. The van der Waals surface area contributed by atoms with Gasteiger partial charge in [0, 0.05) is 12.2 Å². The Labute approximate surface area is 99.6 Å². The van der Waals surface area contributed by atoms with E-state index < -0.39 is 18.0 Å². The van der Waals surface area contributed by atoms with E-state index in [9.17, 15) is 9.59 Å². The van der Waals surface area contributed by atoms with Crippen LogP contribution in [0.4, 0.5) is 4.79 Å². The summed E-state index contributed by atoms with van der Waals surface area (Å²) in [5, 5.41) is 5.04. The molecule has 17 heavy (non-hydrogen) atoms. The predicted molar refractivity (Wildman–Crippen MR) is 63.0 cm³/mol. The van der Waals surface area contributed by atoms with Crippen molar-refractivity contribution >= 4 is 11.9 Å². The molecule has 0 saturated heterocycles. The molecular formula is C11H16N4O2. The van der Waals surface area contributed by atoms with Crippen molar-refractivity contribution in [2.24, 2.45) is 5.73 Å². The van der Waals surface area contributed by atoms with Crippen LogP contribution in [-0.2, 0) is 4.79 Å². The Bertz CT molecular complexity index is 394. The lowest BCUT2D eigenvalue weighted by atomic mass is 10.2. The molecule has 1 aromatic heterocycles. The molecule has 2 atom stereocenters. The second-order valence-corrected chi connectivity index (χ2v) is 3.72. The third-order valence-corrected chi connectivity index (χ3v) is 2.27. The smallest absolute Gasteiger partial charge is 0.318 e. The lowest BCUT2D eigenvalue weighted by molar-refractivity contribution is -0.121. The minimum atomic E-state index is -0.853. The van der Waals surface area contributed by atoms with Gasteiger partial charge in [-0.1, -0.05) is 6.07 Å². The van der Waals surface area contributed by atoms with E-state index in [-0.39, 0.29) is 6.04 Å². The number of imide groups is 1. The van der Waals surface area contributed by atoms with Crippen molar-refractivity contribution in [3.63, 3.8) is 0 Å². The Kier molecular flexibility index (Phi) is 4.59. The Morgan fingerprint density at radius 3 is 2.59 bits per heavy atom. The number of nitrogens with zero attached hydrogens (tertiary/aromatic N) is 1. The minimum Gasteiger partial charge on any atom is -0.351 e. The van der Waals surface area contributed by atoms with Crippen molar-refractivity contribution in [2.75, 3.05) is 0 Å². The summed E-state index contributed by atoms with van der Waals surface area (Å²) in [6.07, 6.45) is 1.68. The number of carbonyl (C=O) groups is 2. The van der Waals surface area contributed by atoms with Crippen LogP contribution in [0.5, 0.6) is 0 Å². The van der Waals surface area contributed by atoms with Gasteiger partial charge in [-0.3, -0.25) is 20.4 Å². The van der Waals surface area contributed by atoms with E-state index in [1.54, 1.807) is 13.1 Å². The van der Waals surface area contributed by atoms with Crippen molar-refractivity contribution < 1.29 is 9.59 Å². The number of amides is 3. The predicted octanol–water partition coefficient (Wildman–Crippen LogP) is 0.316. The van der Waals surface area contributed by atoms with Crippen LogP contribution in [0.2, 0.25) is 0 Å². The van der Waals surface area contributed by atoms with E-state index in [4.69, 9.17) is 5.73 Å². The largest absolute Gasteiger partial charge is 0.351 e. The number of hydrogen-bond acceptors (Lipinski definition) is 4. The van der Waals surface area contributed by atoms with Gasteiger partial charge in [0.2, 0.25) is 5.91 Å². The van der Waals surface area contributed by atoms with Crippen LogP contribution >= 0.6 is 0 Å². The maximum atomic E-state index is 11.4. The first-order valence-electron chi connectivity index (χ1n) is 5.28. The fraction of sp³-hybridized carbons (Fsp3) is 0.364. The van der Waals surface area contributed by atoms with Crippen molar-refractivity contribution in [1.29, 1.82) is 0 Å². The van der Waals surface area contributed by atoms with Crippen LogP contribution in [0.25, 0.3) is 0 Å². The van der Waals surface area contributed by atoms with Crippen LogP contribution in [0.1, 0.15) is 25.6 Å². The number of nitrogens with one attached hydrogen (secondary N) is 2. The zero-order valence-corrected chi connectivity index (χ0v) is 9.81. The highest BCUT2D eigenvalue weighted by Crippen LogP contribution is 2.08. The van der Waals surface area contributed by atoms with Crippen molar-refractivity contribution in [1.82, 2.24) is 15.6 Å². The summed E-state index contributed by atoms with van der Waals surface area (Å²) in [6.45, 7) is 3.54. The summed E-state index contributed by atoms with van der Waals surface area (Å²) >= 11 is 0. The maximum Gasteiger partial charge on any atom is 0.318 e. The fourth-order valence-corrected chi connectivity index (χ4v) is 1.40. The summed E-state index contributed by atoms with van der Waals surface area (Å²) in [5.41, 5.74) is 5.69. The maximum absolute atomic E-state index is 11.4. The fourth-order valence-electron chi connectivity index (χ4n) is 1.40. The zero-order chi connectivity index (χ0) is 12.8. The molecule has 0 aliphatic heterocycles. The van der Waals surface area contributed by atoms with E-state index >= 15 is 0 Å². The number of rotatable bonds is 4. The molecule has 4 N–H and O–H groups in total. The Morgan fingerprint density at radius 2 is 2.06 bits per heavy atom. The molecular weight excluding hydrogens is 220 g/mol. The highest BCUT2D eigenvalue weighted by atomic mass is 16.2. The lowest BCUT2D eigenvalue weighted by Gasteiger charge is -2.18. The first-order valence-corrected chi connectivity index (χ1v) is 5.28. The summed E-state index contributed by atoms with van der Waals surface area (Å²) < 4.78 is 0. The normalized spacial score (nSPS) is 13.8. The van der Waals surface area contributed by atoms with Gasteiger partial charge in [-0.2, -0.15) is 0 Å². The monoisotopic (exact) mass is 236 g/mol. The van der Waals surface area contributed by atoms with Gasteiger partial charge in [0.05, 0.1) is 11.7 Å². The molecule has 1 aromatic rings. The first-order chi connectivity index (χ1) is 8.00. The molecule has 6 nitrogen and oxygen atoms in total. The van der Waals surface area contributed by atoms with E-state index in [0.717, 1.165) is 5.69 Å². The molecule has 2 unspecified atom stereocenters. The average Bonchev–Trinajstić information content (AvgIpc) is 2.29. The Balaban J connectivity index is 2.54. The molecule has 0 spiro atoms. The van der Waals surface area contributed by atoms with Crippen LogP contribution in [-0.4, -0.2) is 23.0 Å². The van der Waals surface area contributed by atoms with Crippen LogP contribution < -0.4 is 16.4 Å². The van der Waals surface area contributed by atoms with E-state index in [2.05, 4.69) is 10.3 Å². The first kappa shape index (κ1) is 13.1. The quantitative estimate of drug-likeness (QED) is 0.701. The van der Waals surface area contributed by atoms with Gasteiger partial charge in [0.25, 0.3) is 0 Å². The molecule has 0 aliphatic rings. The topological polar surface area (TPSA) is 97.1 Å². The molecule has 6 heteroatoms. The number of hydrogen-bond donors (Lipinski definition) is 3. The second-order valence-electron chi connectivity index (χ2n) is 3.72. The number of nitrogens with two attached hydrogens (primary N) is 1. The van der Waals surface area contributed by atoms with Crippen LogP contribution in [0.3, 0.4) is 0 Å². The van der Waals surface area contributed by atoms with Gasteiger partial charge < -0.3 is 5.73 Å². The third kappa shape index (κ3) is 4.20. The second kappa shape index (κ2) is 5.95. The lowest BCUT2D eigenvalue weighted by Crippen LogP contribution is -2.47. The van der Waals surface area contributed by atoms with Gasteiger partial charge in [0.1, 0.15) is 0 Å². The van der Waals surface area contributed by atoms with E-state index in [1.165, 1.54) is 0 Å². The average molecular weight is 236 g/mol. The number of primary amides is 1. The zero-order valence-electron chi connectivity index (χ0n) is 9.81. The Hall–Kier alpha value is -1.95. The van der Waals surface area contributed by atoms with Gasteiger partial charge in [-0.25, -0.2) is 4.79 Å². The van der Waals surface area contributed by atoms with Gasteiger partial charge in [0.15, 0.2) is 0 Å². The summed E-state index contributed by atoms with van der Waals surface area (Å²) in [4.78, 5) is 26.1. The summed E-state index contributed by atoms with van der Waals surface area (Å²) in [5.74, 6) is -0.458. The van der Waals surface area contributed by atoms with E-state index in [1.807, 2.05) is 30.4 Å². The molecule has 92 valence electrons. The molecule has 0 fully saturated rings. The van der Waals surface area contributed by atoms with Crippen molar-refractivity contribution in [3.05, 3.63) is 30.1 Å². The van der Waals surface area contributed by atoms with Crippen LogP contribution in [0, 0.1) is 0 Å². The molecule has 0 saturated carbocycles. The third-order valence-electron chi connectivity index (χ3n) is 2.27. The van der Waals surface area contributed by atoms with Crippen molar-refractivity contribution in [2.45, 2.75) is 25.9 Å². The number of urea groups is 1. The molecule has 3 amide bonds. The van der Waals surface area contributed by atoms with Crippen LogP contribution in [0.15, 0.2) is 24.4 Å². The Morgan fingerprint density at radius 1 is 1.35 bits per heavy atom. The van der Waals surface area contributed by atoms with E-state index in [0.29, 0.717) is 0 Å². The summed E-state index contributed by atoms with van der Waals surface area (Å²) in [7, 11) is 0. The standard InChI is InChI=1S/C11H16N4O2/c1-7(9-5-3-4-6-13-9)14-8(2)10(16)15-11(12)17/h3-8,14H,1-2H3,(H3,12,15,16,17). The SMILES string of the molecule is CC(NC(C)c1ccccn1)C(=O)NC(N)=O. The molecule has 1 rings (SSSR count). The molecule has 1 heterocycles. The van der Waals surface area contributed by atoms with Gasteiger partial charge in [-0.05, 0) is 26.0 Å². The molecule has 0 aliphatic carbocycles. The van der Waals surface area contributed by atoms with Gasteiger partial charge in [-0.15, -0.1) is 0 Å². The highest BCUT2D eigenvalue weighted by molar-refractivity contribution is 5.96. The summed E-state index contributed by atoms with van der Waals surface area (Å²) in [6, 6.07) is 4.07. The molecule has 0 radical (unpaired) electrons. The number of pyridine rings is 1. The molecule has 0 aromatic carbocycles. The number of carbonyl (C=O) groups excluding carboxylic acids is 2. The van der Waals surface area contributed by atoms with Crippen molar-refractivity contribution in [3.8, 4) is 0 Å². The highest BCUT2D eigenvalue weighted by Gasteiger charge is 2.17. The minimum absolute atomic E-state index is 0.0928. The van der Waals surface area contributed by atoms with Gasteiger partial charge >= 0.3 is 6.03 Å².